The quantitative estimate of drug-likeness (QED) is 0.175. The highest BCUT2D eigenvalue weighted by Gasteiger charge is 2.10. The summed E-state index contributed by atoms with van der Waals surface area (Å²) in [4.78, 5) is 27.0. The molecule has 0 saturated carbocycles. The van der Waals surface area contributed by atoms with Crippen LogP contribution in [-0.2, 0) is 4.79 Å². The van der Waals surface area contributed by atoms with Gasteiger partial charge in [-0.25, -0.2) is 4.98 Å². The Morgan fingerprint density at radius 1 is 1.15 bits per heavy atom. The molecule has 0 aliphatic carbocycles. The number of anilines is 1. The van der Waals surface area contributed by atoms with Crippen LogP contribution in [0.4, 0.5) is 11.4 Å². The van der Waals surface area contributed by atoms with E-state index in [-0.39, 0.29) is 10.8 Å². The van der Waals surface area contributed by atoms with Gasteiger partial charge in [-0.2, -0.15) is 0 Å². The van der Waals surface area contributed by atoms with Crippen molar-refractivity contribution in [2.45, 2.75) is 0 Å². The van der Waals surface area contributed by atoms with Crippen LogP contribution in [0.5, 0.6) is 5.75 Å². The monoisotopic (exact) mass is 474 g/mol. The first-order chi connectivity index (χ1) is 16.4. The average Bonchev–Trinajstić information content (AvgIpc) is 3.26. The second-order valence-electron chi connectivity index (χ2n) is 7.06. The molecular weight excluding hydrogens is 456 g/mol. The first-order valence-electron chi connectivity index (χ1n) is 10.0. The predicted octanol–water partition coefficient (Wildman–Crippen LogP) is 4.94. The molecule has 0 atom stereocenters. The molecule has 3 aromatic carbocycles. The van der Waals surface area contributed by atoms with Crippen LogP contribution in [0, 0.1) is 10.1 Å². The maximum atomic E-state index is 12.2. The Hall–Kier alpha value is -4.57. The molecule has 0 unspecified atom stereocenters. The number of aromatic nitrogens is 1. The van der Waals surface area contributed by atoms with Gasteiger partial charge in [-0.05, 0) is 66.3 Å². The van der Waals surface area contributed by atoms with Crippen LogP contribution < -0.4 is 15.4 Å². The van der Waals surface area contributed by atoms with E-state index in [1.165, 1.54) is 24.3 Å². The van der Waals surface area contributed by atoms with Gasteiger partial charge in [0.2, 0.25) is 11.8 Å². The number of nitro groups is 1. The van der Waals surface area contributed by atoms with Gasteiger partial charge in [0.1, 0.15) is 11.3 Å². The number of non-ortho nitro benzene ring substituents is 1. The molecule has 0 radical (unpaired) electrons. The van der Waals surface area contributed by atoms with Crippen molar-refractivity contribution in [1.82, 2.24) is 10.3 Å². The molecule has 0 fully saturated rings. The highest BCUT2D eigenvalue weighted by molar-refractivity contribution is 7.80. The lowest BCUT2D eigenvalue weighted by atomic mass is 10.2. The Kier molecular flexibility index (Phi) is 6.60. The summed E-state index contributed by atoms with van der Waals surface area (Å²) in [6, 6.07) is 18.6. The molecule has 1 heterocycles. The van der Waals surface area contributed by atoms with Crippen molar-refractivity contribution in [3.05, 3.63) is 88.5 Å². The van der Waals surface area contributed by atoms with Crippen molar-refractivity contribution < 1.29 is 18.9 Å². The van der Waals surface area contributed by atoms with Gasteiger partial charge in [-0.1, -0.05) is 12.1 Å². The lowest BCUT2D eigenvalue weighted by molar-refractivity contribution is -0.384. The molecule has 10 heteroatoms. The number of amides is 1. The first kappa shape index (κ1) is 22.6. The minimum absolute atomic E-state index is 0.0573. The number of benzene rings is 3. The summed E-state index contributed by atoms with van der Waals surface area (Å²) < 4.78 is 11.0. The molecule has 4 rings (SSSR count). The number of hydrogen-bond acceptors (Lipinski definition) is 7. The van der Waals surface area contributed by atoms with Crippen molar-refractivity contribution in [2.24, 2.45) is 0 Å². The highest BCUT2D eigenvalue weighted by Crippen LogP contribution is 2.27. The number of methoxy groups -OCH3 is 1. The molecule has 0 spiro atoms. The molecule has 4 aromatic rings. The molecule has 1 aromatic heterocycles. The fourth-order valence-corrected chi connectivity index (χ4v) is 3.31. The van der Waals surface area contributed by atoms with Crippen LogP contribution in [0.2, 0.25) is 0 Å². The molecule has 0 saturated heterocycles. The van der Waals surface area contributed by atoms with E-state index in [4.69, 9.17) is 21.4 Å². The second kappa shape index (κ2) is 9.92. The molecule has 0 aliphatic rings. The first-order valence-corrected chi connectivity index (χ1v) is 10.4. The molecule has 170 valence electrons. The van der Waals surface area contributed by atoms with Crippen molar-refractivity contribution >= 4 is 51.8 Å². The van der Waals surface area contributed by atoms with Gasteiger partial charge in [0.05, 0.1) is 12.0 Å². The molecular formula is C24H18N4O5S. The number of rotatable bonds is 6. The minimum Gasteiger partial charge on any atom is -0.497 e. The number of ether oxygens (including phenoxy) is 1. The van der Waals surface area contributed by atoms with Crippen molar-refractivity contribution in [3.63, 3.8) is 0 Å². The van der Waals surface area contributed by atoms with Crippen LogP contribution in [0.1, 0.15) is 5.56 Å². The second-order valence-corrected chi connectivity index (χ2v) is 7.47. The number of oxazole rings is 1. The number of fused-ring (bicyclic) bond motifs is 1. The lowest BCUT2D eigenvalue weighted by Gasteiger charge is -2.07. The number of nitro benzene ring substituents is 1. The number of nitrogens with zero attached hydrogens (tertiary/aromatic N) is 2. The Balaban J connectivity index is 1.39. The fraction of sp³-hybridized carbons (Fsp3) is 0.0417. The summed E-state index contributed by atoms with van der Waals surface area (Å²) in [5.74, 6) is 0.729. The molecule has 0 bridgehead atoms. The van der Waals surface area contributed by atoms with Gasteiger partial charge in [-0.15, -0.1) is 0 Å². The van der Waals surface area contributed by atoms with Gasteiger partial charge in [0.15, 0.2) is 10.7 Å². The highest BCUT2D eigenvalue weighted by atomic mass is 32.1. The van der Waals surface area contributed by atoms with E-state index < -0.39 is 10.8 Å². The smallest absolute Gasteiger partial charge is 0.270 e. The zero-order chi connectivity index (χ0) is 24.1. The van der Waals surface area contributed by atoms with E-state index in [2.05, 4.69) is 15.6 Å². The van der Waals surface area contributed by atoms with Gasteiger partial charge in [0, 0.05) is 29.5 Å². The third-order valence-corrected chi connectivity index (χ3v) is 4.93. The molecule has 34 heavy (non-hydrogen) atoms. The molecule has 0 aliphatic heterocycles. The Labute approximate surface area is 199 Å². The van der Waals surface area contributed by atoms with Gasteiger partial charge < -0.3 is 14.5 Å². The molecule has 2 N–H and O–H groups in total. The van der Waals surface area contributed by atoms with E-state index in [1.807, 2.05) is 24.3 Å². The summed E-state index contributed by atoms with van der Waals surface area (Å²) >= 11 is 5.20. The van der Waals surface area contributed by atoms with Crippen molar-refractivity contribution in [2.75, 3.05) is 12.4 Å². The lowest BCUT2D eigenvalue weighted by Crippen LogP contribution is -2.32. The summed E-state index contributed by atoms with van der Waals surface area (Å²) in [6.45, 7) is 0. The van der Waals surface area contributed by atoms with E-state index in [9.17, 15) is 14.9 Å². The normalized spacial score (nSPS) is 10.9. The Morgan fingerprint density at radius 3 is 2.68 bits per heavy atom. The maximum absolute atomic E-state index is 12.2. The number of carbonyl (C=O) groups excluding carboxylic acids is 1. The SMILES string of the molecule is COc1ccc(-c2nc3cc(NC(=S)NC(=O)/C=C/c4cccc([N+](=O)[O-])c4)ccc3o2)cc1. The van der Waals surface area contributed by atoms with E-state index in [0.29, 0.717) is 28.2 Å². The van der Waals surface area contributed by atoms with Gasteiger partial charge in [0.25, 0.3) is 5.69 Å². The third kappa shape index (κ3) is 5.43. The van der Waals surface area contributed by atoms with Crippen molar-refractivity contribution in [1.29, 1.82) is 0 Å². The third-order valence-electron chi connectivity index (χ3n) is 4.73. The number of hydrogen-bond donors (Lipinski definition) is 2. The van der Waals surface area contributed by atoms with Crippen LogP contribution in [0.25, 0.3) is 28.6 Å². The summed E-state index contributed by atoms with van der Waals surface area (Å²) in [7, 11) is 1.60. The minimum atomic E-state index is -0.498. The van der Waals surface area contributed by atoms with E-state index in [0.717, 1.165) is 11.3 Å². The van der Waals surface area contributed by atoms with E-state index >= 15 is 0 Å². The van der Waals surface area contributed by atoms with Gasteiger partial charge >= 0.3 is 0 Å². The average molecular weight is 474 g/mol. The zero-order valence-corrected chi connectivity index (χ0v) is 18.7. The largest absolute Gasteiger partial charge is 0.497 e. The Bertz CT molecular complexity index is 1410. The summed E-state index contributed by atoms with van der Waals surface area (Å²) in [5.41, 5.74) is 3.12. The topological polar surface area (TPSA) is 120 Å². The van der Waals surface area contributed by atoms with Gasteiger partial charge in [-0.3, -0.25) is 20.2 Å². The number of thiocarbonyl (C=S) groups is 1. The van der Waals surface area contributed by atoms with Crippen LogP contribution in [0.3, 0.4) is 0 Å². The van der Waals surface area contributed by atoms with Crippen LogP contribution in [0.15, 0.2) is 77.2 Å². The number of nitrogens with one attached hydrogen (secondary N) is 2. The molecule has 1 amide bonds. The van der Waals surface area contributed by atoms with Crippen molar-refractivity contribution in [3.8, 4) is 17.2 Å². The number of carbonyl (C=O) groups is 1. The molecule has 9 nitrogen and oxygen atoms in total. The standard InChI is InChI=1S/C24H18N4O5S/c1-32-19-9-6-16(7-10-19)23-26-20-14-17(8-11-21(20)33-23)25-24(34)27-22(29)12-5-15-3-2-4-18(13-15)28(30)31/h2-14H,1H3,(H2,25,27,29,34)/b12-5+. The fourth-order valence-electron chi connectivity index (χ4n) is 3.09. The Morgan fingerprint density at radius 2 is 1.94 bits per heavy atom. The zero-order valence-electron chi connectivity index (χ0n) is 17.8. The predicted molar refractivity (Wildman–Crippen MR) is 132 cm³/mol. The van der Waals surface area contributed by atoms with Crippen LogP contribution in [-0.4, -0.2) is 28.0 Å². The maximum Gasteiger partial charge on any atom is 0.270 e. The summed E-state index contributed by atoms with van der Waals surface area (Å²) in [5, 5.41) is 16.4. The van der Waals surface area contributed by atoms with Crippen LogP contribution >= 0.6 is 12.2 Å². The van der Waals surface area contributed by atoms with E-state index in [1.54, 1.807) is 37.4 Å². The summed E-state index contributed by atoms with van der Waals surface area (Å²) in [6.07, 6.45) is 2.71.